The number of thiazole rings is 1. The maximum absolute atomic E-state index is 10.5. The van der Waals surface area contributed by atoms with Gasteiger partial charge in [0.2, 0.25) is 0 Å². The number of ether oxygens (including phenoxy) is 1. The molecule has 0 spiro atoms. The summed E-state index contributed by atoms with van der Waals surface area (Å²) in [6.45, 7) is 1.42. The Morgan fingerprint density at radius 2 is 2.14 bits per heavy atom. The molecule has 0 saturated carbocycles. The van der Waals surface area contributed by atoms with Crippen LogP contribution in [0.4, 0.5) is 5.13 Å². The summed E-state index contributed by atoms with van der Waals surface area (Å²) in [4.78, 5) is 14.8. The monoisotopic (exact) mass is 306 g/mol. The molecule has 0 aliphatic heterocycles. The zero-order valence-electron chi connectivity index (χ0n) is 11.6. The highest BCUT2D eigenvalue weighted by Gasteiger charge is 2.04. The molecule has 1 aromatic heterocycles. The summed E-state index contributed by atoms with van der Waals surface area (Å²) in [5.41, 5.74) is 0.824. The molecule has 112 valence electrons. The van der Waals surface area contributed by atoms with Crippen molar-refractivity contribution in [3.8, 4) is 5.75 Å². The molecule has 0 amide bonds. The number of carboxylic acids is 1. The lowest BCUT2D eigenvalue weighted by Gasteiger charge is -2.06. The molecule has 0 unspecified atom stereocenters. The summed E-state index contributed by atoms with van der Waals surface area (Å²) in [7, 11) is 0. The average molecular weight is 306 g/mol. The van der Waals surface area contributed by atoms with Gasteiger partial charge in [0.25, 0.3) is 0 Å². The number of aromatic nitrogens is 1. The van der Waals surface area contributed by atoms with Crippen LogP contribution in [-0.2, 0) is 11.2 Å². The largest absolute Gasteiger partial charge is 0.494 e. The van der Waals surface area contributed by atoms with Gasteiger partial charge in [-0.15, -0.1) is 11.3 Å². The third kappa shape index (κ3) is 5.83. The van der Waals surface area contributed by atoms with Crippen molar-refractivity contribution in [2.24, 2.45) is 0 Å². The average Bonchev–Trinajstić information content (AvgIpc) is 2.94. The summed E-state index contributed by atoms with van der Waals surface area (Å²) in [5.74, 6) is 0.0817. The first-order valence-electron chi connectivity index (χ1n) is 6.82. The summed E-state index contributed by atoms with van der Waals surface area (Å²) in [6.07, 6.45) is 1.47. The minimum Gasteiger partial charge on any atom is -0.494 e. The Morgan fingerprint density at radius 1 is 1.33 bits per heavy atom. The molecule has 1 aromatic carbocycles. The Hall–Kier alpha value is -2.08. The van der Waals surface area contributed by atoms with Crippen LogP contribution in [0.1, 0.15) is 18.5 Å². The summed E-state index contributed by atoms with van der Waals surface area (Å²) >= 11 is 1.50. The van der Waals surface area contributed by atoms with Crippen LogP contribution in [0.15, 0.2) is 35.7 Å². The lowest BCUT2D eigenvalue weighted by atomic mass is 10.2. The number of rotatable bonds is 9. The lowest BCUT2D eigenvalue weighted by molar-refractivity contribution is -0.136. The zero-order chi connectivity index (χ0) is 14.9. The number of nitrogens with zero attached hydrogens (tertiary/aromatic N) is 1. The van der Waals surface area contributed by atoms with Crippen LogP contribution in [0, 0.1) is 0 Å². The van der Waals surface area contributed by atoms with E-state index in [0.717, 1.165) is 29.5 Å². The minimum absolute atomic E-state index is 0.119. The van der Waals surface area contributed by atoms with Gasteiger partial charge in [0.05, 0.1) is 18.7 Å². The predicted octanol–water partition coefficient (Wildman–Crippen LogP) is 3.04. The first-order chi connectivity index (χ1) is 10.2. The number of hydrogen-bond acceptors (Lipinski definition) is 5. The highest BCUT2D eigenvalue weighted by atomic mass is 32.1. The molecule has 0 fully saturated rings. The lowest BCUT2D eigenvalue weighted by Crippen LogP contribution is -2.07. The van der Waals surface area contributed by atoms with Gasteiger partial charge >= 0.3 is 5.97 Å². The number of carboxylic acid groups (broad SMARTS) is 1. The van der Waals surface area contributed by atoms with E-state index in [1.165, 1.54) is 11.3 Å². The van der Waals surface area contributed by atoms with E-state index in [1.54, 1.807) is 0 Å². The molecule has 0 saturated heterocycles. The molecule has 1 heterocycles. The molecule has 2 rings (SSSR count). The van der Waals surface area contributed by atoms with Crippen LogP contribution < -0.4 is 10.1 Å². The Balaban J connectivity index is 1.61. The second-order valence-electron chi connectivity index (χ2n) is 4.48. The van der Waals surface area contributed by atoms with Gasteiger partial charge in [-0.2, -0.15) is 0 Å². The van der Waals surface area contributed by atoms with Crippen molar-refractivity contribution in [1.29, 1.82) is 0 Å². The van der Waals surface area contributed by atoms with Gasteiger partial charge in [-0.3, -0.25) is 4.79 Å². The molecular weight excluding hydrogens is 288 g/mol. The first kappa shape index (κ1) is 15.3. The van der Waals surface area contributed by atoms with E-state index in [0.29, 0.717) is 13.0 Å². The number of para-hydroxylation sites is 1. The van der Waals surface area contributed by atoms with E-state index < -0.39 is 5.97 Å². The summed E-state index contributed by atoms with van der Waals surface area (Å²) in [6, 6.07) is 9.72. The van der Waals surface area contributed by atoms with Crippen LogP contribution in [-0.4, -0.2) is 29.2 Å². The standard InChI is InChI=1S/C15H18N2O3S/c18-14(19)8-7-12-11-21-15(17-12)16-9-4-10-20-13-5-2-1-3-6-13/h1-3,5-6,11H,4,7-10H2,(H,16,17)(H,18,19). The molecule has 5 nitrogen and oxygen atoms in total. The fourth-order valence-corrected chi connectivity index (χ4v) is 2.49. The quantitative estimate of drug-likeness (QED) is 0.697. The van der Waals surface area contributed by atoms with Crippen LogP contribution in [0.2, 0.25) is 0 Å². The van der Waals surface area contributed by atoms with Gasteiger partial charge < -0.3 is 15.2 Å². The van der Waals surface area contributed by atoms with Crippen molar-refractivity contribution in [3.63, 3.8) is 0 Å². The zero-order valence-corrected chi connectivity index (χ0v) is 12.4. The van der Waals surface area contributed by atoms with Crippen LogP contribution in [0.25, 0.3) is 0 Å². The number of nitrogens with one attached hydrogen (secondary N) is 1. The molecule has 0 atom stereocenters. The van der Waals surface area contributed by atoms with Crippen molar-refractivity contribution < 1.29 is 14.6 Å². The van der Waals surface area contributed by atoms with E-state index in [4.69, 9.17) is 9.84 Å². The highest BCUT2D eigenvalue weighted by Crippen LogP contribution is 2.16. The van der Waals surface area contributed by atoms with Crippen molar-refractivity contribution in [2.45, 2.75) is 19.3 Å². The molecule has 0 aliphatic carbocycles. The number of anilines is 1. The van der Waals surface area contributed by atoms with Gasteiger partial charge in [-0.05, 0) is 18.6 Å². The van der Waals surface area contributed by atoms with Crippen LogP contribution in [0.3, 0.4) is 0 Å². The fraction of sp³-hybridized carbons (Fsp3) is 0.333. The highest BCUT2D eigenvalue weighted by molar-refractivity contribution is 7.13. The van der Waals surface area contributed by atoms with Crippen molar-refractivity contribution in [3.05, 3.63) is 41.4 Å². The molecule has 6 heteroatoms. The maximum Gasteiger partial charge on any atom is 0.303 e. The fourth-order valence-electron chi connectivity index (χ4n) is 1.71. The molecule has 0 bridgehead atoms. The maximum atomic E-state index is 10.5. The Labute approximate surface area is 127 Å². The van der Waals surface area contributed by atoms with E-state index in [9.17, 15) is 4.79 Å². The predicted molar refractivity (Wildman–Crippen MR) is 83.1 cm³/mol. The number of carbonyl (C=O) groups is 1. The Kier molecular flexibility index (Phi) is 6.02. The summed E-state index contributed by atoms with van der Waals surface area (Å²) in [5, 5.41) is 14.6. The normalized spacial score (nSPS) is 10.3. The molecule has 0 aliphatic rings. The molecule has 0 radical (unpaired) electrons. The topological polar surface area (TPSA) is 71.5 Å². The molecule has 21 heavy (non-hydrogen) atoms. The minimum atomic E-state index is -0.796. The van der Waals surface area contributed by atoms with Crippen molar-refractivity contribution in [1.82, 2.24) is 4.98 Å². The number of hydrogen-bond donors (Lipinski definition) is 2. The number of benzene rings is 1. The Morgan fingerprint density at radius 3 is 2.90 bits per heavy atom. The third-order valence-electron chi connectivity index (χ3n) is 2.76. The smallest absolute Gasteiger partial charge is 0.303 e. The molecule has 2 N–H and O–H groups in total. The van der Waals surface area contributed by atoms with Gasteiger partial charge in [0, 0.05) is 18.3 Å². The second-order valence-corrected chi connectivity index (χ2v) is 5.34. The van der Waals surface area contributed by atoms with E-state index in [-0.39, 0.29) is 6.42 Å². The van der Waals surface area contributed by atoms with Crippen LogP contribution >= 0.6 is 11.3 Å². The van der Waals surface area contributed by atoms with E-state index >= 15 is 0 Å². The summed E-state index contributed by atoms with van der Waals surface area (Å²) < 4.78 is 5.59. The van der Waals surface area contributed by atoms with E-state index in [1.807, 2.05) is 35.7 Å². The van der Waals surface area contributed by atoms with Crippen molar-refractivity contribution in [2.75, 3.05) is 18.5 Å². The number of aryl methyl sites for hydroxylation is 1. The van der Waals surface area contributed by atoms with Gasteiger partial charge in [0.15, 0.2) is 5.13 Å². The van der Waals surface area contributed by atoms with Crippen LogP contribution in [0.5, 0.6) is 5.75 Å². The van der Waals surface area contributed by atoms with Gasteiger partial charge in [-0.25, -0.2) is 4.98 Å². The van der Waals surface area contributed by atoms with E-state index in [2.05, 4.69) is 10.3 Å². The SMILES string of the molecule is O=C(O)CCc1csc(NCCCOc2ccccc2)n1. The molecular formula is C15H18N2O3S. The third-order valence-corrected chi connectivity index (χ3v) is 3.60. The molecule has 2 aromatic rings. The van der Waals surface area contributed by atoms with Gasteiger partial charge in [-0.1, -0.05) is 18.2 Å². The van der Waals surface area contributed by atoms with Gasteiger partial charge in [0.1, 0.15) is 5.75 Å². The van der Waals surface area contributed by atoms with Crippen molar-refractivity contribution >= 4 is 22.4 Å². The number of aliphatic carboxylic acids is 1. The first-order valence-corrected chi connectivity index (χ1v) is 7.70. The second kappa shape index (κ2) is 8.26. The Bertz CT molecular complexity index is 557.